The van der Waals surface area contributed by atoms with Crippen LogP contribution < -0.4 is 16.0 Å². The van der Waals surface area contributed by atoms with Crippen LogP contribution in [0.5, 0.6) is 0 Å². The molecule has 0 radical (unpaired) electrons. The summed E-state index contributed by atoms with van der Waals surface area (Å²) in [5.74, 6) is -0.874. The Labute approximate surface area is 142 Å². The third-order valence-electron chi connectivity index (χ3n) is 3.75. The average Bonchev–Trinajstić information content (AvgIpc) is 2.81. The van der Waals surface area contributed by atoms with Crippen LogP contribution in [0.4, 0.5) is 10.5 Å². The largest absolute Gasteiger partial charge is 0.322 e. The molecule has 1 saturated heterocycles. The highest BCUT2D eigenvalue weighted by Gasteiger charge is 2.43. The number of hydrogen-bond acceptors (Lipinski definition) is 4. The quantitative estimate of drug-likeness (QED) is 0.586. The zero-order valence-electron chi connectivity index (χ0n) is 12.6. The van der Waals surface area contributed by atoms with E-state index in [1.807, 2.05) is 0 Å². The Bertz CT molecular complexity index is 855. The van der Waals surface area contributed by atoms with E-state index in [0.29, 0.717) is 11.3 Å². The Balaban J connectivity index is 1.87. The Morgan fingerprint density at radius 2 is 2.04 bits per heavy atom. The molecule has 0 saturated carbocycles. The van der Waals surface area contributed by atoms with Gasteiger partial charge in [-0.15, -0.1) is 0 Å². The fraction of sp³-hybridized carbons (Fsp3) is 0.125. The molecule has 1 aliphatic rings. The topological polar surface area (TPSA) is 100 Å². The number of pyridine rings is 1. The predicted octanol–water partition coefficient (Wildman–Crippen LogP) is 2.04. The van der Waals surface area contributed by atoms with Crippen LogP contribution in [-0.2, 0) is 10.3 Å². The molecule has 3 rings (SSSR count). The van der Waals surface area contributed by atoms with Crippen molar-refractivity contribution in [3.63, 3.8) is 0 Å². The van der Waals surface area contributed by atoms with E-state index in [1.165, 1.54) is 6.20 Å². The van der Waals surface area contributed by atoms with E-state index in [4.69, 9.17) is 11.6 Å². The molecule has 1 aromatic carbocycles. The van der Waals surface area contributed by atoms with Gasteiger partial charge in [0, 0.05) is 11.9 Å². The summed E-state index contributed by atoms with van der Waals surface area (Å²) in [6.07, 6.45) is 1.49. The second-order valence-corrected chi connectivity index (χ2v) is 5.77. The van der Waals surface area contributed by atoms with Gasteiger partial charge in [0.2, 0.25) is 0 Å². The molecule has 24 heavy (non-hydrogen) atoms. The maximum absolute atomic E-state index is 12.3. The molecule has 122 valence electrons. The average molecular weight is 345 g/mol. The molecule has 4 amide bonds. The molecule has 7 nitrogen and oxygen atoms in total. The molecule has 1 fully saturated rings. The van der Waals surface area contributed by atoms with Crippen LogP contribution in [0.15, 0.2) is 42.6 Å². The minimum atomic E-state index is -1.19. The number of nitrogens with zero attached hydrogens (tertiary/aromatic N) is 1. The molecule has 2 aromatic rings. The maximum atomic E-state index is 12.3. The van der Waals surface area contributed by atoms with Crippen molar-refractivity contribution >= 4 is 35.1 Å². The lowest BCUT2D eigenvalue weighted by atomic mass is 9.92. The summed E-state index contributed by atoms with van der Waals surface area (Å²) < 4.78 is 0. The molecule has 1 unspecified atom stereocenters. The Morgan fingerprint density at radius 1 is 1.25 bits per heavy atom. The van der Waals surface area contributed by atoms with Gasteiger partial charge in [0.15, 0.2) is 0 Å². The molecule has 2 heterocycles. The molecule has 0 spiro atoms. The maximum Gasteiger partial charge on any atom is 0.322 e. The van der Waals surface area contributed by atoms with Gasteiger partial charge in [-0.25, -0.2) is 9.78 Å². The SMILES string of the molecule is CC1(c2cccc(NC(=O)c3cccnc3Cl)c2)NC(=O)NC1=O. The number of imide groups is 1. The summed E-state index contributed by atoms with van der Waals surface area (Å²) >= 11 is 5.91. The monoisotopic (exact) mass is 344 g/mol. The summed E-state index contributed by atoms with van der Waals surface area (Å²) in [6.45, 7) is 1.59. The molecule has 1 aliphatic heterocycles. The fourth-order valence-corrected chi connectivity index (χ4v) is 2.61. The van der Waals surface area contributed by atoms with Crippen LogP contribution in [0.25, 0.3) is 0 Å². The van der Waals surface area contributed by atoms with Crippen molar-refractivity contribution in [1.29, 1.82) is 0 Å². The number of halogens is 1. The van der Waals surface area contributed by atoms with E-state index in [-0.39, 0.29) is 10.7 Å². The number of benzene rings is 1. The van der Waals surface area contributed by atoms with Gasteiger partial charge in [0.05, 0.1) is 5.56 Å². The number of rotatable bonds is 3. The Kier molecular flexibility index (Phi) is 3.94. The van der Waals surface area contributed by atoms with Gasteiger partial charge >= 0.3 is 6.03 Å². The van der Waals surface area contributed by atoms with Crippen molar-refractivity contribution in [1.82, 2.24) is 15.6 Å². The van der Waals surface area contributed by atoms with E-state index in [2.05, 4.69) is 20.9 Å². The number of anilines is 1. The third kappa shape index (κ3) is 2.81. The van der Waals surface area contributed by atoms with E-state index in [9.17, 15) is 14.4 Å². The predicted molar refractivity (Wildman–Crippen MR) is 87.7 cm³/mol. The van der Waals surface area contributed by atoms with Crippen molar-refractivity contribution in [3.05, 3.63) is 58.9 Å². The van der Waals surface area contributed by atoms with Gasteiger partial charge < -0.3 is 10.6 Å². The smallest absolute Gasteiger partial charge is 0.322 e. The van der Waals surface area contributed by atoms with Gasteiger partial charge in [-0.3, -0.25) is 14.9 Å². The minimum Gasteiger partial charge on any atom is -0.322 e. The number of carbonyl (C=O) groups is 3. The normalized spacial score (nSPS) is 19.6. The summed E-state index contributed by atoms with van der Waals surface area (Å²) in [5.41, 5.74) is 0.0558. The van der Waals surface area contributed by atoms with Crippen molar-refractivity contribution in [2.24, 2.45) is 0 Å². The van der Waals surface area contributed by atoms with E-state index >= 15 is 0 Å². The zero-order chi connectivity index (χ0) is 17.3. The summed E-state index contributed by atoms with van der Waals surface area (Å²) in [7, 11) is 0. The van der Waals surface area contributed by atoms with Crippen LogP contribution in [0.1, 0.15) is 22.8 Å². The highest BCUT2D eigenvalue weighted by Crippen LogP contribution is 2.26. The van der Waals surface area contributed by atoms with Crippen molar-refractivity contribution in [3.8, 4) is 0 Å². The Morgan fingerprint density at radius 3 is 2.71 bits per heavy atom. The van der Waals surface area contributed by atoms with Gasteiger partial charge in [0.25, 0.3) is 11.8 Å². The van der Waals surface area contributed by atoms with Crippen LogP contribution in [-0.4, -0.2) is 22.8 Å². The van der Waals surface area contributed by atoms with Crippen LogP contribution in [0.2, 0.25) is 5.15 Å². The first kappa shape index (κ1) is 15.9. The molecule has 0 aliphatic carbocycles. The number of nitrogens with one attached hydrogen (secondary N) is 3. The van der Waals surface area contributed by atoms with Gasteiger partial charge in [-0.05, 0) is 36.8 Å². The first-order chi connectivity index (χ1) is 11.4. The second kappa shape index (κ2) is 5.93. The zero-order valence-corrected chi connectivity index (χ0v) is 13.3. The number of hydrogen-bond donors (Lipinski definition) is 3. The fourth-order valence-electron chi connectivity index (χ4n) is 2.41. The van der Waals surface area contributed by atoms with Gasteiger partial charge in [-0.1, -0.05) is 23.7 Å². The molecule has 3 N–H and O–H groups in total. The minimum absolute atomic E-state index is 0.0977. The number of urea groups is 1. The third-order valence-corrected chi connectivity index (χ3v) is 4.05. The highest BCUT2D eigenvalue weighted by molar-refractivity contribution is 6.33. The molecular weight excluding hydrogens is 332 g/mol. The molecule has 1 atom stereocenters. The van der Waals surface area contributed by atoms with E-state index in [0.717, 1.165) is 0 Å². The highest BCUT2D eigenvalue weighted by atomic mass is 35.5. The van der Waals surface area contributed by atoms with E-state index < -0.39 is 23.4 Å². The van der Waals surface area contributed by atoms with Gasteiger partial charge in [-0.2, -0.15) is 0 Å². The molecule has 0 bridgehead atoms. The lowest BCUT2D eigenvalue weighted by Crippen LogP contribution is -2.40. The Hall–Kier alpha value is -2.93. The molecular formula is C16H13ClN4O3. The first-order valence-corrected chi connectivity index (χ1v) is 7.44. The van der Waals surface area contributed by atoms with Crippen LogP contribution in [0, 0.1) is 0 Å². The lowest BCUT2D eigenvalue weighted by Gasteiger charge is -2.21. The number of aromatic nitrogens is 1. The van der Waals surface area contributed by atoms with E-state index in [1.54, 1.807) is 43.3 Å². The van der Waals surface area contributed by atoms with Crippen LogP contribution >= 0.6 is 11.6 Å². The van der Waals surface area contributed by atoms with Crippen molar-refractivity contribution in [2.75, 3.05) is 5.32 Å². The lowest BCUT2D eigenvalue weighted by molar-refractivity contribution is -0.123. The van der Waals surface area contributed by atoms with Crippen molar-refractivity contribution in [2.45, 2.75) is 12.5 Å². The second-order valence-electron chi connectivity index (χ2n) is 5.41. The number of amides is 4. The number of carbonyl (C=O) groups excluding carboxylic acids is 3. The summed E-state index contributed by atoms with van der Waals surface area (Å²) in [6, 6.07) is 9.27. The molecule has 1 aromatic heterocycles. The summed E-state index contributed by atoms with van der Waals surface area (Å²) in [5, 5.41) is 7.57. The summed E-state index contributed by atoms with van der Waals surface area (Å²) in [4.78, 5) is 39.5. The standard InChI is InChI=1S/C16H13ClN4O3/c1-16(14(23)20-15(24)21-16)9-4-2-5-10(8-9)19-13(22)11-6-3-7-18-12(11)17/h2-8H,1H3,(H,19,22)(H2,20,21,23,24). The molecule has 8 heteroatoms. The van der Waals surface area contributed by atoms with Gasteiger partial charge in [0.1, 0.15) is 10.7 Å². The first-order valence-electron chi connectivity index (χ1n) is 7.06. The van der Waals surface area contributed by atoms with Crippen molar-refractivity contribution < 1.29 is 14.4 Å². The van der Waals surface area contributed by atoms with Crippen LogP contribution in [0.3, 0.4) is 0 Å².